The van der Waals surface area contributed by atoms with Crippen LogP contribution in [-0.4, -0.2) is 38.9 Å². The summed E-state index contributed by atoms with van der Waals surface area (Å²) in [5.41, 5.74) is 7.53. The molecule has 1 unspecified atom stereocenters. The van der Waals surface area contributed by atoms with Gasteiger partial charge in [0.2, 0.25) is 15.9 Å². The zero-order valence-electron chi connectivity index (χ0n) is 12.5. The van der Waals surface area contributed by atoms with E-state index in [1.807, 2.05) is 0 Å². The summed E-state index contributed by atoms with van der Waals surface area (Å²) in [6, 6.07) is 3.05. The van der Waals surface area contributed by atoms with Crippen molar-refractivity contribution in [2.45, 2.75) is 37.6 Å². The van der Waals surface area contributed by atoms with Gasteiger partial charge in [-0.3, -0.25) is 4.79 Å². The average Bonchev–Trinajstić information content (AvgIpc) is 2.31. The first-order valence-electron chi connectivity index (χ1n) is 6.83. The number of carbonyl (C=O) groups is 1. The van der Waals surface area contributed by atoms with Gasteiger partial charge in [0.1, 0.15) is 0 Å². The number of sulfonamides is 1. The summed E-state index contributed by atoms with van der Waals surface area (Å²) < 4.78 is 27.9. The van der Waals surface area contributed by atoms with E-state index in [-0.39, 0.29) is 16.8 Å². The monoisotopic (exact) mass is 311 g/mol. The van der Waals surface area contributed by atoms with Gasteiger partial charge in [0, 0.05) is 31.7 Å². The lowest BCUT2D eigenvalue weighted by Crippen LogP contribution is -2.48. The number of amides is 1. The van der Waals surface area contributed by atoms with Gasteiger partial charge in [0.05, 0.1) is 4.90 Å². The predicted molar refractivity (Wildman–Crippen MR) is 81.3 cm³/mol. The van der Waals surface area contributed by atoms with Crippen LogP contribution in [0.2, 0.25) is 0 Å². The number of anilines is 1. The van der Waals surface area contributed by atoms with Gasteiger partial charge in [-0.05, 0) is 43.5 Å². The van der Waals surface area contributed by atoms with Crippen molar-refractivity contribution >= 4 is 21.6 Å². The third-order valence-corrected chi connectivity index (χ3v) is 5.52. The van der Waals surface area contributed by atoms with Crippen LogP contribution in [0, 0.1) is 13.8 Å². The van der Waals surface area contributed by atoms with Crippen molar-refractivity contribution in [3.8, 4) is 0 Å². The molecule has 1 atom stereocenters. The maximum Gasteiger partial charge on any atom is 0.241 e. The number of rotatable bonds is 3. The van der Waals surface area contributed by atoms with Gasteiger partial charge >= 0.3 is 0 Å². The first-order chi connectivity index (χ1) is 9.70. The van der Waals surface area contributed by atoms with Crippen molar-refractivity contribution in [3.63, 3.8) is 0 Å². The Morgan fingerprint density at radius 1 is 1.29 bits per heavy atom. The minimum Gasteiger partial charge on any atom is -0.399 e. The predicted octanol–water partition coefficient (Wildman–Crippen LogP) is 0.785. The van der Waals surface area contributed by atoms with Crippen LogP contribution in [0.3, 0.4) is 0 Å². The summed E-state index contributed by atoms with van der Waals surface area (Å²) in [5.74, 6) is 0.0466. The molecule has 1 fully saturated rings. The van der Waals surface area contributed by atoms with Crippen molar-refractivity contribution in [2.24, 2.45) is 0 Å². The second-order valence-corrected chi connectivity index (χ2v) is 7.27. The molecule has 116 valence electrons. The first-order valence-corrected chi connectivity index (χ1v) is 8.32. The summed E-state index contributed by atoms with van der Waals surface area (Å²) >= 11 is 0. The lowest BCUT2D eigenvalue weighted by molar-refractivity contribution is -0.132. The molecule has 1 aromatic carbocycles. The summed E-state index contributed by atoms with van der Waals surface area (Å²) in [6.45, 7) is 3.86. The van der Waals surface area contributed by atoms with Gasteiger partial charge in [0.25, 0.3) is 0 Å². The third kappa shape index (κ3) is 3.36. The van der Waals surface area contributed by atoms with Crippen LogP contribution < -0.4 is 10.5 Å². The molecule has 0 aliphatic carbocycles. The first kappa shape index (κ1) is 15.8. The van der Waals surface area contributed by atoms with E-state index in [1.165, 1.54) is 0 Å². The summed E-state index contributed by atoms with van der Waals surface area (Å²) in [4.78, 5) is 13.3. The van der Waals surface area contributed by atoms with Gasteiger partial charge in [-0.1, -0.05) is 0 Å². The van der Waals surface area contributed by atoms with Crippen molar-refractivity contribution in [1.82, 2.24) is 9.62 Å². The van der Waals surface area contributed by atoms with Crippen LogP contribution in [-0.2, 0) is 14.8 Å². The highest BCUT2D eigenvalue weighted by atomic mass is 32.2. The van der Waals surface area contributed by atoms with E-state index >= 15 is 0 Å². The van der Waals surface area contributed by atoms with Crippen molar-refractivity contribution in [3.05, 3.63) is 23.3 Å². The van der Waals surface area contributed by atoms with Crippen LogP contribution in [0.15, 0.2) is 17.0 Å². The molecular weight excluding hydrogens is 290 g/mol. The topological polar surface area (TPSA) is 92.5 Å². The van der Waals surface area contributed by atoms with Gasteiger partial charge < -0.3 is 10.6 Å². The number of hydrogen-bond donors (Lipinski definition) is 2. The minimum absolute atomic E-state index is 0.0466. The Morgan fingerprint density at radius 3 is 2.38 bits per heavy atom. The molecule has 0 aromatic heterocycles. The van der Waals surface area contributed by atoms with Gasteiger partial charge in [-0.2, -0.15) is 0 Å². The molecule has 1 aliphatic heterocycles. The van der Waals surface area contributed by atoms with E-state index in [1.54, 1.807) is 37.9 Å². The molecule has 1 aliphatic rings. The number of likely N-dealkylation sites (N-methyl/N-ethyl adjacent to an activating group) is 1. The maximum absolute atomic E-state index is 12.6. The Morgan fingerprint density at radius 2 is 1.86 bits per heavy atom. The molecule has 3 N–H and O–H groups in total. The van der Waals surface area contributed by atoms with Crippen molar-refractivity contribution in [2.75, 3.05) is 19.3 Å². The van der Waals surface area contributed by atoms with Crippen molar-refractivity contribution in [1.29, 1.82) is 0 Å². The minimum atomic E-state index is -3.62. The molecule has 1 saturated heterocycles. The zero-order valence-corrected chi connectivity index (χ0v) is 13.3. The zero-order chi connectivity index (χ0) is 15.8. The molecule has 6 nitrogen and oxygen atoms in total. The molecule has 2 rings (SSSR count). The summed E-state index contributed by atoms with van der Waals surface area (Å²) in [7, 11) is -1.94. The highest BCUT2D eigenvalue weighted by Gasteiger charge is 2.28. The number of piperidine rings is 1. The number of nitrogens with zero attached hydrogens (tertiary/aromatic N) is 1. The van der Waals surface area contributed by atoms with E-state index < -0.39 is 10.0 Å². The molecule has 0 saturated carbocycles. The normalized spacial score (nSPS) is 19.9. The Hall–Kier alpha value is -1.60. The lowest BCUT2D eigenvalue weighted by Gasteiger charge is -2.30. The fourth-order valence-corrected chi connectivity index (χ4v) is 4.51. The van der Waals surface area contributed by atoms with E-state index in [9.17, 15) is 13.2 Å². The van der Waals surface area contributed by atoms with E-state index in [2.05, 4.69) is 4.72 Å². The van der Waals surface area contributed by atoms with Crippen molar-refractivity contribution < 1.29 is 13.2 Å². The molecule has 0 bridgehead atoms. The second-order valence-electron chi connectivity index (χ2n) is 5.61. The lowest BCUT2D eigenvalue weighted by atomic mass is 10.1. The highest BCUT2D eigenvalue weighted by Crippen LogP contribution is 2.24. The standard InChI is InChI=1S/C14H21N3O3S/c1-9-6-11(15)7-10(2)14(9)21(19,20)16-12-4-5-13(18)17(3)8-12/h6-7,12,16H,4-5,8,15H2,1-3H3. The number of aryl methyl sites for hydroxylation is 2. The number of hydrogen-bond acceptors (Lipinski definition) is 4. The fourth-order valence-electron chi connectivity index (χ4n) is 2.79. The molecule has 1 aromatic rings. The van der Waals surface area contributed by atoms with Gasteiger partial charge in [-0.15, -0.1) is 0 Å². The molecule has 21 heavy (non-hydrogen) atoms. The molecule has 1 amide bonds. The van der Waals surface area contributed by atoms with Crippen LogP contribution in [0.1, 0.15) is 24.0 Å². The average molecular weight is 311 g/mol. The van der Waals surface area contributed by atoms with E-state index in [4.69, 9.17) is 5.73 Å². The number of likely N-dealkylation sites (tertiary alicyclic amines) is 1. The van der Waals surface area contributed by atoms with Crippen LogP contribution in [0.5, 0.6) is 0 Å². The second kappa shape index (κ2) is 5.65. The van der Waals surface area contributed by atoms with Crippen LogP contribution >= 0.6 is 0 Å². The number of nitrogens with two attached hydrogens (primary N) is 1. The fraction of sp³-hybridized carbons (Fsp3) is 0.500. The Bertz CT molecular complexity index is 647. The third-order valence-electron chi connectivity index (χ3n) is 3.70. The van der Waals surface area contributed by atoms with E-state index in [0.717, 1.165) is 0 Å². The van der Waals surface area contributed by atoms with Gasteiger partial charge in [-0.25, -0.2) is 13.1 Å². The number of benzene rings is 1. The number of nitrogen functional groups attached to an aromatic ring is 1. The largest absolute Gasteiger partial charge is 0.399 e. The van der Waals surface area contributed by atoms with Gasteiger partial charge in [0.15, 0.2) is 0 Å². The summed E-state index contributed by atoms with van der Waals surface area (Å²) in [6.07, 6.45) is 0.888. The smallest absolute Gasteiger partial charge is 0.241 e. The highest BCUT2D eigenvalue weighted by molar-refractivity contribution is 7.89. The number of nitrogens with one attached hydrogen (secondary N) is 1. The maximum atomic E-state index is 12.6. The Kier molecular flexibility index (Phi) is 4.25. The Balaban J connectivity index is 2.25. The molecule has 1 heterocycles. The number of carbonyl (C=O) groups excluding carboxylic acids is 1. The quantitative estimate of drug-likeness (QED) is 0.807. The summed E-state index contributed by atoms with van der Waals surface area (Å²) in [5, 5.41) is 0. The molecule has 0 spiro atoms. The SMILES string of the molecule is Cc1cc(N)cc(C)c1S(=O)(=O)NC1CCC(=O)N(C)C1. The van der Waals surface area contributed by atoms with Crippen LogP contribution in [0.25, 0.3) is 0 Å². The Labute approximate surface area is 125 Å². The molecule has 0 radical (unpaired) electrons. The van der Waals surface area contributed by atoms with E-state index in [0.29, 0.717) is 36.2 Å². The van der Waals surface area contributed by atoms with Crippen LogP contribution in [0.4, 0.5) is 5.69 Å². The molecule has 7 heteroatoms. The molecular formula is C14H21N3O3S.